The van der Waals surface area contributed by atoms with Crippen LogP contribution in [0.25, 0.3) is 0 Å². The average Bonchev–Trinajstić information content (AvgIpc) is 2.16. The van der Waals surface area contributed by atoms with Crippen LogP contribution < -0.4 is 0 Å². The molecule has 0 heterocycles. The predicted octanol–water partition coefficient (Wildman–Crippen LogP) is 4.34. The van der Waals surface area contributed by atoms with Gasteiger partial charge in [0.2, 0.25) is 0 Å². The largest absolute Gasteiger partial charge is 0.0958 e. The maximum atomic E-state index is 4.07. The van der Waals surface area contributed by atoms with Gasteiger partial charge in [0, 0.05) is 0 Å². The van der Waals surface area contributed by atoms with E-state index in [1.165, 1.54) is 16.7 Å². The van der Waals surface area contributed by atoms with Crippen LogP contribution in [-0.4, -0.2) is 0 Å². The molecule has 0 aromatic carbocycles. The lowest BCUT2D eigenvalue weighted by atomic mass is 9.84. The smallest absolute Gasteiger partial charge is 0.00204 e. The molecule has 14 heavy (non-hydrogen) atoms. The highest BCUT2D eigenvalue weighted by molar-refractivity contribution is 5.59. The summed E-state index contributed by atoms with van der Waals surface area (Å²) in [4.78, 5) is 0. The fourth-order valence-electron chi connectivity index (χ4n) is 1.75. The summed E-state index contributed by atoms with van der Waals surface area (Å²) in [6, 6.07) is 0. The number of rotatable bonds is 1. The molecule has 0 bridgehead atoms. The SMILES string of the molecule is C=C(C)C1=CC(=C)C(=C/C)/C(=C\C)C1. The minimum atomic E-state index is 0.991. The van der Waals surface area contributed by atoms with Gasteiger partial charge in [0.05, 0.1) is 0 Å². The second-order valence-electron chi connectivity index (χ2n) is 3.67. The van der Waals surface area contributed by atoms with Gasteiger partial charge in [-0.3, -0.25) is 0 Å². The van der Waals surface area contributed by atoms with Crippen LogP contribution in [0.3, 0.4) is 0 Å². The minimum Gasteiger partial charge on any atom is -0.0958 e. The summed E-state index contributed by atoms with van der Waals surface area (Å²) in [5, 5.41) is 0. The number of hydrogen-bond donors (Lipinski definition) is 0. The van der Waals surface area contributed by atoms with E-state index in [1.807, 2.05) is 6.92 Å². The first-order chi connectivity index (χ1) is 6.60. The normalized spacial score (nSPS) is 22.8. The van der Waals surface area contributed by atoms with Crippen LogP contribution in [0.1, 0.15) is 27.2 Å². The highest BCUT2D eigenvalue weighted by atomic mass is 14.2. The molecule has 74 valence electrons. The molecule has 0 saturated heterocycles. The molecule has 0 atom stereocenters. The van der Waals surface area contributed by atoms with E-state index in [1.54, 1.807) is 0 Å². The summed E-state index contributed by atoms with van der Waals surface area (Å²) in [6.45, 7) is 14.2. The van der Waals surface area contributed by atoms with Gasteiger partial charge in [-0.1, -0.05) is 37.0 Å². The van der Waals surface area contributed by atoms with Crippen molar-refractivity contribution in [2.45, 2.75) is 27.2 Å². The van der Waals surface area contributed by atoms with Gasteiger partial charge in [-0.2, -0.15) is 0 Å². The summed E-state index contributed by atoms with van der Waals surface area (Å²) >= 11 is 0. The molecule has 0 fully saturated rings. The fraction of sp³-hybridized carbons (Fsp3) is 0.286. The third-order valence-corrected chi connectivity index (χ3v) is 2.61. The van der Waals surface area contributed by atoms with Crippen LogP contribution in [-0.2, 0) is 0 Å². The Kier molecular flexibility index (Phi) is 3.29. The van der Waals surface area contributed by atoms with Crippen molar-refractivity contribution in [3.63, 3.8) is 0 Å². The highest BCUT2D eigenvalue weighted by Gasteiger charge is 2.15. The first-order valence-electron chi connectivity index (χ1n) is 4.97. The van der Waals surface area contributed by atoms with Gasteiger partial charge in [-0.15, -0.1) is 0 Å². The lowest BCUT2D eigenvalue weighted by molar-refractivity contribution is 1.08. The van der Waals surface area contributed by atoms with E-state index in [-0.39, 0.29) is 0 Å². The Morgan fingerprint density at radius 3 is 2.43 bits per heavy atom. The average molecular weight is 186 g/mol. The molecule has 0 unspecified atom stereocenters. The maximum absolute atomic E-state index is 4.07. The molecule has 0 aromatic rings. The van der Waals surface area contributed by atoms with E-state index in [0.29, 0.717) is 0 Å². The van der Waals surface area contributed by atoms with Gasteiger partial charge in [0.25, 0.3) is 0 Å². The molecule has 0 heteroatoms. The van der Waals surface area contributed by atoms with Crippen LogP contribution in [0.4, 0.5) is 0 Å². The lowest BCUT2D eigenvalue weighted by Crippen LogP contribution is -2.02. The second-order valence-corrected chi connectivity index (χ2v) is 3.67. The zero-order valence-corrected chi connectivity index (χ0v) is 9.35. The van der Waals surface area contributed by atoms with E-state index in [2.05, 4.69) is 45.2 Å². The van der Waals surface area contributed by atoms with Crippen LogP contribution >= 0.6 is 0 Å². The van der Waals surface area contributed by atoms with Gasteiger partial charge < -0.3 is 0 Å². The molecule has 0 saturated carbocycles. The molecule has 0 amide bonds. The third kappa shape index (κ3) is 1.95. The van der Waals surface area contributed by atoms with E-state index in [9.17, 15) is 0 Å². The zero-order valence-electron chi connectivity index (χ0n) is 9.35. The molecule has 0 radical (unpaired) electrons. The Morgan fingerprint density at radius 2 is 2.00 bits per heavy atom. The molecule has 0 spiro atoms. The predicted molar refractivity (Wildman–Crippen MR) is 64.2 cm³/mol. The van der Waals surface area contributed by atoms with Crippen molar-refractivity contribution < 1.29 is 0 Å². The molecule has 1 aliphatic carbocycles. The monoisotopic (exact) mass is 186 g/mol. The maximum Gasteiger partial charge on any atom is -0.00204 e. The molecular formula is C14H18. The van der Waals surface area contributed by atoms with Gasteiger partial charge in [0.15, 0.2) is 0 Å². The van der Waals surface area contributed by atoms with Crippen molar-refractivity contribution in [3.8, 4) is 0 Å². The second kappa shape index (κ2) is 4.28. The summed E-state index contributed by atoms with van der Waals surface area (Å²) in [7, 11) is 0. The van der Waals surface area contributed by atoms with E-state index in [4.69, 9.17) is 0 Å². The topological polar surface area (TPSA) is 0 Å². The standard InChI is InChI=1S/C14H18/c1-6-12-9-13(10(3)4)8-11(5)14(12)7-2/h6-8H,3,5,9H2,1-2,4H3/b12-6-,14-7-. The molecule has 0 aliphatic heterocycles. The van der Waals surface area contributed by atoms with Crippen molar-refractivity contribution in [2.75, 3.05) is 0 Å². The Hall–Kier alpha value is -1.30. The first-order valence-corrected chi connectivity index (χ1v) is 4.97. The van der Waals surface area contributed by atoms with Crippen molar-refractivity contribution >= 4 is 0 Å². The molecule has 0 nitrogen and oxygen atoms in total. The van der Waals surface area contributed by atoms with Gasteiger partial charge in [-0.25, -0.2) is 0 Å². The number of allylic oxidation sites excluding steroid dienone is 8. The van der Waals surface area contributed by atoms with Crippen molar-refractivity contribution in [2.24, 2.45) is 0 Å². The minimum absolute atomic E-state index is 0.991. The Morgan fingerprint density at radius 1 is 1.36 bits per heavy atom. The summed E-state index contributed by atoms with van der Waals surface area (Å²) in [5.41, 5.74) is 6.18. The van der Waals surface area contributed by atoms with Gasteiger partial charge in [-0.05, 0) is 49.5 Å². The highest BCUT2D eigenvalue weighted by Crippen LogP contribution is 2.33. The quantitative estimate of drug-likeness (QED) is 0.571. The van der Waals surface area contributed by atoms with Crippen LogP contribution in [0, 0.1) is 0 Å². The molecule has 0 aromatic heterocycles. The van der Waals surface area contributed by atoms with Gasteiger partial charge >= 0.3 is 0 Å². The summed E-state index contributed by atoms with van der Waals surface area (Å²) in [6.07, 6.45) is 7.43. The van der Waals surface area contributed by atoms with Crippen molar-refractivity contribution in [1.82, 2.24) is 0 Å². The molecule has 1 aliphatic rings. The lowest BCUT2D eigenvalue weighted by Gasteiger charge is -2.21. The van der Waals surface area contributed by atoms with Gasteiger partial charge in [0.1, 0.15) is 0 Å². The Labute approximate surface area is 87.0 Å². The summed E-state index contributed by atoms with van der Waals surface area (Å²) < 4.78 is 0. The summed E-state index contributed by atoms with van der Waals surface area (Å²) in [5.74, 6) is 0. The molecule has 0 N–H and O–H groups in total. The van der Waals surface area contributed by atoms with Crippen LogP contribution in [0.15, 0.2) is 59.3 Å². The van der Waals surface area contributed by atoms with Crippen molar-refractivity contribution in [3.05, 3.63) is 59.3 Å². The Bertz CT molecular complexity index is 359. The third-order valence-electron chi connectivity index (χ3n) is 2.61. The molecule has 1 rings (SSSR count). The van der Waals surface area contributed by atoms with Crippen LogP contribution in [0.2, 0.25) is 0 Å². The zero-order chi connectivity index (χ0) is 10.7. The first kappa shape index (κ1) is 10.8. The van der Waals surface area contributed by atoms with E-state index >= 15 is 0 Å². The Balaban J connectivity index is 3.16. The fourth-order valence-corrected chi connectivity index (χ4v) is 1.75. The van der Waals surface area contributed by atoms with E-state index < -0.39 is 0 Å². The number of hydrogen-bond acceptors (Lipinski definition) is 0. The van der Waals surface area contributed by atoms with Crippen molar-refractivity contribution in [1.29, 1.82) is 0 Å². The molecular weight excluding hydrogens is 168 g/mol. The van der Waals surface area contributed by atoms with E-state index in [0.717, 1.165) is 17.6 Å². The van der Waals surface area contributed by atoms with Crippen LogP contribution in [0.5, 0.6) is 0 Å².